The summed E-state index contributed by atoms with van der Waals surface area (Å²) in [5, 5.41) is 54.0. The van der Waals surface area contributed by atoms with Crippen LogP contribution in [0.25, 0.3) is 0 Å². The monoisotopic (exact) mass is 748 g/mol. The highest BCUT2D eigenvalue weighted by molar-refractivity contribution is 5.76. The maximum Gasteiger partial charge on any atom is 0.220 e. The Kier molecular flexibility index (Phi) is 31.7. The van der Waals surface area contributed by atoms with Crippen LogP contribution in [0.1, 0.15) is 155 Å². The van der Waals surface area contributed by atoms with Crippen molar-refractivity contribution in [2.75, 3.05) is 13.2 Å². The predicted octanol–water partition coefficient (Wildman–Crippen LogP) is 8.05. The van der Waals surface area contributed by atoms with Crippen molar-refractivity contribution in [2.45, 2.75) is 198 Å². The van der Waals surface area contributed by atoms with Gasteiger partial charge in [-0.1, -0.05) is 145 Å². The molecule has 0 bridgehead atoms. The third-order valence-electron chi connectivity index (χ3n) is 9.58. The number of hydrogen-bond donors (Lipinski definition) is 6. The molecule has 6 N–H and O–H groups in total. The van der Waals surface area contributed by atoms with E-state index in [9.17, 15) is 30.3 Å². The number of nitrogens with one attached hydrogen (secondary N) is 1. The van der Waals surface area contributed by atoms with Gasteiger partial charge in [-0.25, -0.2) is 0 Å². The molecule has 1 fully saturated rings. The summed E-state index contributed by atoms with van der Waals surface area (Å²) in [4.78, 5) is 12.9. The predicted molar refractivity (Wildman–Crippen MR) is 216 cm³/mol. The van der Waals surface area contributed by atoms with Crippen LogP contribution in [0.2, 0.25) is 0 Å². The van der Waals surface area contributed by atoms with Gasteiger partial charge < -0.3 is 40.3 Å². The molecule has 1 saturated heterocycles. The zero-order chi connectivity index (χ0) is 38.8. The molecule has 0 aliphatic carbocycles. The molecule has 0 saturated carbocycles. The number of carbonyl (C=O) groups is 1. The summed E-state index contributed by atoms with van der Waals surface area (Å²) >= 11 is 0. The molecule has 53 heavy (non-hydrogen) atoms. The smallest absolute Gasteiger partial charge is 0.220 e. The summed E-state index contributed by atoms with van der Waals surface area (Å²) in [6.07, 6.45) is 36.9. The van der Waals surface area contributed by atoms with Crippen molar-refractivity contribution < 1.29 is 39.8 Å². The Bertz CT molecular complexity index is 1010. The third-order valence-corrected chi connectivity index (χ3v) is 9.58. The first kappa shape index (κ1) is 48.9. The highest BCUT2D eigenvalue weighted by atomic mass is 16.7. The molecule has 0 spiro atoms. The van der Waals surface area contributed by atoms with Gasteiger partial charge in [-0.05, 0) is 64.2 Å². The van der Waals surface area contributed by atoms with Crippen molar-refractivity contribution in [3.8, 4) is 0 Å². The van der Waals surface area contributed by atoms with Crippen LogP contribution in [0.3, 0.4) is 0 Å². The van der Waals surface area contributed by atoms with Crippen molar-refractivity contribution >= 4 is 5.91 Å². The van der Waals surface area contributed by atoms with Gasteiger partial charge in [0, 0.05) is 6.42 Å². The van der Waals surface area contributed by atoms with Crippen LogP contribution in [0, 0.1) is 0 Å². The first-order chi connectivity index (χ1) is 25.8. The first-order valence-electron chi connectivity index (χ1n) is 21.0. The minimum atomic E-state index is -1.58. The Morgan fingerprint density at radius 2 is 1.19 bits per heavy atom. The van der Waals surface area contributed by atoms with Gasteiger partial charge in [0.05, 0.1) is 25.4 Å². The zero-order valence-electron chi connectivity index (χ0n) is 33.2. The van der Waals surface area contributed by atoms with Gasteiger partial charge in [0.2, 0.25) is 5.91 Å². The van der Waals surface area contributed by atoms with E-state index in [1.54, 1.807) is 6.08 Å². The lowest BCUT2D eigenvalue weighted by atomic mass is 9.99. The first-order valence-corrected chi connectivity index (χ1v) is 21.0. The molecule has 1 amide bonds. The Labute approximate surface area is 322 Å². The van der Waals surface area contributed by atoms with Crippen molar-refractivity contribution in [2.24, 2.45) is 0 Å². The average molecular weight is 748 g/mol. The van der Waals surface area contributed by atoms with Crippen LogP contribution >= 0.6 is 0 Å². The second-order valence-electron chi connectivity index (χ2n) is 14.4. The van der Waals surface area contributed by atoms with Crippen LogP contribution in [-0.2, 0) is 14.3 Å². The molecular formula is C44H77NO8. The number of unbranched alkanes of at least 4 members (excludes halogenated alkanes) is 15. The lowest BCUT2D eigenvalue weighted by Gasteiger charge is -2.40. The normalized spacial score (nSPS) is 22.3. The van der Waals surface area contributed by atoms with E-state index < -0.39 is 49.5 Å². The van der Waals surface area contributed by atoms with Gasteiger partial charge in [0.15, 0.2) is 6.29 Å². The van der Waals surface area contributed by atoms with Gasteiger partial charge >= 0.3 is 0 Å². The van der Waals surface area contributed by atoms with Crippen molar-refractivity contribution in [3.05, 3.63) is 60.8 Å². The molecule has 1 aliphatic rings. The van der Waals surface area contributed by atoms with Gasteiger partial charge in [-0.2, -0.15) is 0 Å². The van der Waals surface area contributed by atoms with E-state index in [0.29, 0.717) is 6.42 Å². The molecule has 0 aromatic heterocycles. The van der Waals surface area contributed by atoms with E-state index in [1.807, 2.05) is 6.08 Å². The average Bonchev–Trinajstić information content (AvgIpc) is 3.16. The van der Waals surface area contributed by atoms with E-state index >= 15 is 0 Å². The lowest BCUT2D eigenvalue weighted by Crippen LogP contribution is -2.60. The number of allylic oxidation sites excluding steroid dienone is 9. The molecule has 1 aliphatic heterocycles. The SMILES string of the molecule is CC/C=C\C/C=C\C/C=C\CCCCCCCC(=O)NC(COC1OC(CO)C(O)C(O)C1O)C(O)/C=C/CC/C=C/CCCCCCCCCCC. The van der Waals surface area contributed by atoms with E-state index in [-0.39, 0.29) is 12.5 Å². The largest absolute Gasteiger partial charge is 0.394 e. The van der Waals surface area contributed by atoms with Gasteiger partial charge in [0.25, 0.3) is 0 Å². The molecule has 1 rings (SSSR count). The maximum absolute atomic E-state index is 12.9. The number of aliphatic hydroxyl groups excluding tert-OH is 5. The van der Waals surface area contributed by atoms with Crippen LogP contribution in [0.5, 0.6) is 0 Å². The third kappa shape index (κ3) is 25.6. The van der Waals surface area contributed by atoms with Crippen LogP contribution in [0.4, 0.5) is 0 Å². The summed E-state index contributed by atoms with van der Waals surface area (Å²) in [7, 11) is 0. The fourth-order valence-electron chi connectivity index (χ4n) is 6.18. The molecule has 9 nitrogen and oxygen atoms in total. The highest BCUT2D eigenvalue weighted by Crippen LogP contribution is 2.22. The second kappa shape index (κ2) is 34.4. The zero-order valence-corrected chi connectivity index (χ0v) is 33.2. The van der Waals surface area contributed by atoms with Crippen LogP contribution in [-0.4, -0.2) is 87.5 Å². The fourth-order valence-corrected chi connectivity index (χ4v) is 6.18. The van der Waals surface area contributed by atoms with Gasteiger partial charge in [-0.15, -0.1) is 0 Å². The van der Waals surface area contributed by atoms with Crippen LogP contribution in [0.15, 0.2) is 60.8 Å². The minimum Gasteiger partial charge on any atom is -0.394 e. The lowest BCUT2D eigenvalue weighted by molar-refractivity contribution is -0.302. The molecule has 1 heterocycles. The number of carbonyl (C=O) groups excluding carboxylic acids is 1. The maximum atomic E-state index is 12.9. The number of ether oxygens (including phenoxy) is 2. The number of aliphatic hydroxyl groups is 5. The van der Waals surface area contributed by atoms with Gasteiger partial charge in [0.1, 0.15) is 24.4 Å². The Hall–Kier alpha value is -2.11. The minimum absolute atomic E-state index is 0.208. The number of hydrogen-bond acceptors (Lipinski definition) is 8. The molecule has 7 unspecified atom stereocenters. The number of amides is 1. The summed E-state index contributed by atoms with van der Waals surface area (Å²) in [6.45, 7) is 3.60. The van der Waals surface area contributed by atoms with Crippen molar-refractivity contribution in [1.29, 1.82) is 0 Å². The molecule has 7 atom stereocenters. The van der Waals surface area contributed by atoms with E-state index in [4.69, 9.17) is 9.47 Å². The molecular weight excluding hydrogens is 670 g/mol. The summed E-state index contributed by atoms with van der Waals surface area (Å²) in [5.74, 6) is -0.208. The Morgan fingerprint density at radius 1 is 0.660 bits per heavy atom. The number of rotatable bonds is 33. The Morgan fingerprint density at radius 3 is 1.81 bits per heavy atom. The molecule has 0 aromatic rings. The Balaban J connectivity index is 2.46. The summed E-state index contributed by atoms with van der Waals surface area (Å²) in [6, 6.07) is -0.831. The van der Waals surface area contributed by atoms with E-state index in [1.165, 1.54) is 57.8 Å². The molecule has 306 valence electrons. The van der Waals surface area contributed by atoms with E-state index in [2.05, 4.69) is 67.8 Å². The quantitative estimate of drug-likeness (QED) is 0.0292. The van der Waals surface area contributed by atoms with Gasteiger partial charge in [-0.3, -0.25) is 4.79 Å². The molecule has 0 aromatic carbocycles. The van der Waals surface area contributed by atoms with Crippen LogP contribution < -0.4 is 5.32 Å². The highest BCUT2D eigenvalue weighted by Gasteiger charge is 2.44. The standard InChI is InChI=1S/C44H77NO8/c1-3-5-7-9-11-13-15-17-19-21-23-25-27-29-31-33-38(47)37(36-52-44-43(51)42(50)41(49)39(35-46)53-44)45-40(48)34-32-30-28-26-24-22-20-18-16-14-12-10-8-6-4-2/h6,8,12,14,18,20,23,25,31,33,37-39,41-44,46-47,49-51H,3-5,7,9-11,13,15-17,19,21-22,24,26-30,32,34-36H2,1-2H3,(H,45,48)/b8-6-,14-12-,20-18-,25-23+,33-31+. The second-order valence-corrected chi connectivity index (χ2v) is 14.4. The van der Waals surface area contributed by atoms with E-state index in [0.717, 1.165) is 77.0 Å². The van der Waals surface area contributed by atoms with Crippen molar-refractivity contribution in [3.63, 3.8) is 0 Å². The summed E-state index contributed by atoms with van der Waals surface area (Å²) < 4.78 is 11.2. The van der Waals surface area contributed by atoms with Crippen molar-refractivity contribution in [1.82, 2.24) is 5.32 Å². The summed E-state index contributed by atoms with van der Waals surface area (Å²) in [5.41, 5.74) is 0. The molecule has 9 heteroatoms. The topological polar surface area (TPSA) is 149 Å². The fraction of sp³-hybridized carbons (Fsp3) is 0.750. The molecule has 0 radical (unpaired) electrons.